The van der Waals surface area contributed by atoms with Crippen LogP contribution in [0.5, 0.6) is 0 Å². The van der Waals surface area contributed by atoms with Crippen molar-refractivity contribution in [1.82, 2.24) is 16.0 Å². The molecular weight excluding hydrogens is 460 g/mol. The van der Waals surface area contributed by atoms with E-state index in [9.17, 15) is 29.1 Å². The summed E-state index contributed by atoms with van der Waals surface area (Å²) in [6.45, 7) is 3.39. The van der Waals surface area contributed by atoms with Gasteiger partial charge in [0.15, 0.2) is 0 Å². The lowest BCUT2D eigenvalue weighted by Crippen LogP contribution is -2.58. The highest BCUT2D eigenvalue weighted by atomic mass is 32.2. The van der Waals surface area contributed by atoms with Crippen LogP contribution in [0.15, 0.2) is 0 Å². The molecule has 0 radical (unpaired) electrons. The summed E-state index contributed by atoms with van der Waals surface area (Å²) in [6, 6.07) is -4.47. The Bertz CT molecular complexity index is 664. The van der Waals surface area contributed by atoms with Crippen LogP contribution in [0.1, 0.15) is 33.1 Å². The van der Waals surface area contributed by atoms with Gasteiger partial charge in [0, 0.05) is 0 Å². The lowest BCUT2D eigenvalue weighted by Gasteiger charge is -2.27. The van der Waals surface area contributed by atoms with Gasteiger partial charge in [0.1, 0.15) is 18.1 Å². The van der Waals surface area contributed by atoms with Gasteiger partial charge in [-0.15, -0.1) is 0 Å². The van der Waals surface area contributed by atoms with Crippen molar-refractivity contribution in [2.75, 3.05) is 24.0 Å². The van der Waals surface area contributed by atoms with Crippen LogP contribution in [0.25, 0.3) is 0 Å². The molecule has 4 unspecified atom stereocenters. The summed E-state index contributed by atoms with van der Waals surface area (Å²) < 4.78 is 0. The van der Waals surface area contributed by atoms with Gasteiger partial charge in [-0.05, 0) is 42.8 Å². The molecule has 0 spiro atoms. The first-order chi connectivity index (χ1) is 14.9. The third-order valence-electron chi connectivity index (χ3n) is 4.45. The fourth-order valence-electron chi connectivity index (χ4n) is 2.61. The molecule has 0 aromatic rings. The van der Waals surface area contributed by atoms with Gasteiger partial charge in [0.25, 0.3) is 0 Å². The largest absolute Gasteiger partial charge is 0.481 e. The summed E-state index contributed by atoms with van der Waals surface area (Å²) in [5.41, 5.74) is 5.56. The molecule has 0 aliphatic heterocycles. The van der Waals surface area contributed by atoms with Crippen LogP contribution in [0.3, 0.4) is 0 Å². The van der Waals surface area contributed by atoms with Gasteiger partial charge < -0.3 is 31.9 Å². The molecule has 0 saturated carbocycles. The van der Waals surface area contributed by atoms with Crippen molar-refractivity contribution in [2.24, 2.45) is 11.7 Å². The van der Waals surface area contributed by atoms with E-state index in [2.05, 4.69) is 16.0 Å². The molecule has 0 rings (SSSR count). The van der Waals surface area contributed by atoms with E-state index in [0.717, 1.165) is 0 Å². The van der Waals surface area contributed by atoms with Crippen molar-refractivity contribution in [3.05, 3.63) is 0 Å². The normalized spacial score (nSPS) is 14.7. The van der Waals surface area contributed by atoms with Crippen LogP contribution in [-0.2, 0) is 24.0 Å². The molecule has 4 atom stereocenters. The lowest BCUT2D eigenvalue weighted by molar-refractivity contribution is -0.142. The van der Waals surface area contributed by atoms with Crippen molar-refractivity contribution in [2.45, 2.75) is 57.3 Å². The zero-order chi connectivity index (χ0) is 24.8. The molecule has 0 aliphatic rings. The highest BCUT2D eigenvalue weighted by Gasteiger charge is 2.31. The molecule has 7 N–H and O–H groups in total. The maximum atomic E-state index is 12.8. The standard InChI is InChI=1S/C19H34N4O7S2/c1-10(2)15(18(28)22-13(19(29)30)6-8-32-4)23-17(27)12(5-7-31-3)21-16(26)11(20)9-14(24)25/h10-13,15H,5-9,20H2,1-4H3,(H,21,26)(H,22,28)(H,23,27)(H,24,25)(H,29,30). The minimum absolute atomic E-state index is 0.231. The number of carboxylic acids is 2. The summed E-state index contributed by atoms with van der Waals surface area (Å²) in [6.07, 6.45) is 3.51. The molecular formula is C19H34N4O7S2. The Hall–Kier alpha value is -1.99. The molecule has 0 aromatic carbocycles. The molecule has 13 heteroatoms. The molecule has 32 heavy (non-hydrogen) atoms. The molecule has 0 fully saturated rings. The number of nitrogens with two attached hydrogens (primary N) is 1. The highest BCUT2D eigenvalue weighted by molar-refractivity contribution is 7.98. The summed E-state index contributed by atoms with van der Waals surface area (Å²) in [4.78, 5) is 60.0. The van der Waals surface area contributed by atoms with Crippen molar-refractivity contribution in [3.8, 4) is 0 Å². The SMILES string of the molecule is CSCCC(NC(=O)C(NC(=O)C(CCSC)NC(=O)C(N)CC(=O)O)C(C)C)C(=O)O. The maximum Gasteiger partial charge on any atom is 0.326 e. The number of nitrogens with one attached hydrogen (secondary N) is 3. The third-order valence-corrected chi connectivity index (χ3v) is 5.73. The zero-order valence-corrected chi connectivity index (χ0v) is 20.4. The molecule has 0 bridgehead atoms. The number of hydrogen-bond donors (Lipinski definition) is 6. The fourth-order valence-corrected chi connectivity index (χ4v) is 3.55. The minimum Gasteiger partial charge on any atom is -0.481 e. The summed E-state index contributed by atoms with van der Waals surface area (Å²) >= 11 is 2.89. The van der Waals surface area contributed by atoms with Crippen molar-refractivity contribution >= 4 is 53.2 Å². The Labute approximate surface area is 196 Å². The lowest BCUT2D eigenvalue weighted by atomic mass is 10.0. The first kappa shape index (κ1) is 30.0. The summed E-state index contributed by atoms with van der Waals surface area (Å²) in [5.74, 6) is -3.79. The maximum absolute atomic E-state index is 12.8. The van der Waals surface area contributed by atoms with Gasteiger partial charge >= 0.3 is 11.9 Å². The van der Waals surface area contributed by atoms with Crippen LogP contribution in [-0.4, -0.2) is 88.1 Å². The number of aliphatic carboxylic acids is 2. The molecule has 0 aliphatic carbocycles. The second-order valence-electron chi connectivity index (χ2n) is 7.46. The van der Waals surface area contributed by atoms with E-state index in [-0.39, 0.29) is 18.8 Å². The Morgan fingerprint density at radius 1 is 0.812 bits per heavy atom. The van der Waals surface area contributed by atoms with Crippen LogP contribution >= 0.6 is 23.5 Å². The number of rotatable bonds is 16. The monoisotopic (exact) mass is 494 g/mol. The molecule has 3 amide bonds. The van der Waals surface area contributed by atoms with Crippen LogP contribution < -0.4 is 21.7 Å². The van der Waals surface area contributed by atoms with Crippen molar-refractivity contribution in [1.29, 1.82) is 0 Å². The van der Waals surface area contributed by atoms with E-state index in [4.69, 9.17) is 10.8 Å². The van der Waals surface area contributed by atoms with Gasteiger partial charge in [-0.25, -0.2) is 4.79 Å². The smallest absolute Gasteiger partial charge is 0.326 e. The van der Waals surface area contributed by atoms with E-state index >= 15 is 0 Å². The molecule has 11 nitrogen and oxygen atoms in total. The van der Waals surface area contributed by atoms with E-state index in [0.29, 0.717) is 11.5 Å². The number of hydrogen-bond acceptors (Lipinski definition) is 8. The fraction of sp³-hybridized carbons (Fsp3) is 0.737. The predicted molar refractivity (Wildman–Crippen MR) is 124 cm³/mol. The number of carbonyl (C=O) groups excluding carboxylic acids is 3. The number of carboxylic acid groups (broad SMARTS) is 2. The number of amides is 3. The predicted octanol–water partition coefficient (Wildman–Crippen LogP) is -0.510. The molecule has 184 valence electrons. The zero-order valence-electron chi connectivity index (χ0n) is 18.8. The second-order valence-corrected chi connectivity index (χ2v) is 9.43. The van der Waals surface area contributed by atoms with Gasteiger partial charge in [-0.2, -0.15) is 23.5 Å². The first-order valence-electron chi connectivity index (χ1n) is 10.0. The Morgan fingerprint density at radius 2 is 1.31 bits per heavy atom. The number of thioether (sulfide) groups is 2. The minimum atomic E-state index is -1.32. The van der Waals surface area contributed by atoms with Gasteiger partial charge in [0.05, 0.1) is 12.5 Å². The number of carbonyl (C=O) groups is 5. The Morgan fingerprint density at radius 3 is 1.75 bits per heavy atom. The topological polar surface area (TPSA) is 188 Å². The third kappa shape index (κ3) is 11.6. The van der Waals surface area contributed by atoms with Crippen LogP contribution in [0.4, 0.5) is 0 Å². The second kappa shape index (κ2) is 15.8. The molecule has 0 heterocycles. The van der Waals surface area contributed by atoms with E-state index in [1.165, 1.54) is 23.5 Å². The van der Waals surface area contributed by atoms with Crippen molar-refractivity contribution in [3.63, 3.8) is 0 Å². The van der Waals surface area contributed by atoms with E-state index in [1.54, 1.807) is 13.8 Å². The van der Waals surface area contributed by atoms with E-state index in [1.807, 2.05) is 12.5 Å². The first-order valence-corrected chi connectivity index (χ1v) is 12.8. The van der Waals surface area contributed by atoms with Gasteiger partial charge in [-0.3, -0.25) is 19.2 Å². The van der Waals surface area contributed by atoms with Crippen LogP contribution in [0, 0.1) is 5.92 Å². The summed E-state index contributed by atoms with van der Waals surface area (Å²) in [7, 11) is 0. The van der Waals surface area contributed by atoms with E-state index < -0.39 is 60.2 Å². The van der Waals surface area contributed by atoms with Crippen LogP contribution in [0.2, 0.25) is 0 Å². The molecule has 0 saturated heterocycles. The Balaban J connectivity index is 5.34. The summed E-state index contributed by atoms with van der Waals surface area (Å²) in [5, 5.41) is 25.6. The quantitative estimate of drug-likeness (QED) is 0.163. The molecule has 0 aromatic heterocycles. The highest BCUT2D eigenvalue weighted by Crippen LogP contribution is 2.08. The Kier molecular flexibility index (Phi) is 14.8. The van der Waals surface area contributed by atoms with Gasteiger partial charge in [0.2, 0.25) is 17.7 Å². The van der Waals surface area contributed by atoms with Gasteiger partial charge in [-0.1, -0.05) is 13.8 Å². The average Bonchev–Trinajstić information content (AvgIpc) is 2.70. The van der Waals surface area contributed by atoms with Crippen molar-refractivity contribution < 1.29 is 34.2 Å². The average molecular weight is 495 g/mol.